The van der Waals surface area contributed by atoms with Crippen molar-refractivity contribution < 1.29 is 4.42 Å². The van der Waals surface area contributed by atoms with Crippen LogP contribution in [0.5, 0.6) is 0 Å². The molecule has 2 nitrogen and oxygen atoms in total. The normalized spacial score (nSPS) is 12.9. The van der Waals surface area contributed by atoms with E-state index >= 15 is 0 Å². The van der Waals surface area contributed by atoms with E-state index in [9.17, 15) is 0 Å². The van der Waals surface area contributed by atoms with Gasteiger partial charge in [0.1, 0.15) is 11.0 Å². The van der Waals surface area contributed by atoms with Crippen LogP contribution in [0.2, 0.25) is 0 Å². The summed E-state index contributed by atoms with van der Waals surface area (Å²) in [5.74, 6) is 0. The van der Waals surface area contributed by atoms with E-state index < -0.39 is 0 Å². The van der Waals surface area contributed by atoms with Crippen LogP contribution in [0.15, 0.2) is 144 Å². The van der Waals surface area contributed by atoms with Crippen molar-refractivity contribution in [3.63, 3.8) is 0 Å². The summed E-state index contributed by atoms with van der Waals surface area (Å²) in [6.45, 7) is 0. The Bertz CT molecular complexity index is 2890. The van der Waals surface area contributed by atoms with E-state index in [1.807, 2.05) is 6.07 Å². The first kappa shape index (κ1) is 25.1. The summed E-state index contributed by atoms with van der Waals surface area (Å²) in [7, 11) is 0. The van der Waals surface area contributed by atoms with Crippen LogP contribution in [-0.2, 0) is 6.42 Å². The molecule has 0 unspecified atom stereocenters. The summed E-state index contributed by atoms with van der Waals surface area (Å²) in [5, 5.41) is 7.54. The molecule has 0 spiro atoms. The summed E-state index contributed by atoms with van der Waals surface area (Å²) in [4.78, 5) is 0. The largest absolute Gasteiger partial charge is 0.456 e. The van der Waals surface area contributed by atoms with E-state index in [1.165, 1.54) is 87.7 Å². The number of hydrogen-bond acceptors (Lipinski definition) is 1. The first-order chi connectivity index (χ1) is 23.3. The Morgan fingerprint density at radius 3 is 2.09 bits per heavy atom. The fourth-order valence-electron chi connectivity index (χ4n) is 8.26. The Kier molecular flexibility index (Phi) is 4.92. The van der Waals surface area contributed by atoms with Crippen LogP contribution in [0.4, 0.5) is 0 Å². The van der Waals surface area contributed by atoms with Gasteiger partial charge in [0, 0.05) is 27.1 Å². The Morgan fingerprint density at radius 1 is 0.511 bits per heavy atom. The van der Waals surface area contributed by atoms with Gasteiger partial charge < -0.3 is 8.98 Å². The third-order valence-electron chi connectivity index (χ3n) is 10.4. The maximum Gasteiger partial charge on any atom is 0.135 e. The average Bonchev–Trinajstić information content (AvgIpc) is 3.71. The molecule has 2 aliphatic carbocycles. The second kappa shape index (κ2) is 9.22. The van der Waals surface area contributed by atoms with Gasteiger partial charge in [0.25, 0.3) is 0 Å². The zero-order valence-electron chi connectivity index (χ0n) is 25.5. The van der Waals surface area contributed by atoms with Crippen molar-refractivity contribution in [2.45, 2.75) is 6.42 Å². The number of hydrogen-bond donors (Lipinski definition) is 0. The smallest absolute Gasteiger partial charge is 0.135 e. The molecule has 11 rings (SSSR count). The standard InChI is InChI=1S/C45H27NO/c1-2-9-33-32(8-1)37-13-7-12-36-31(21-22-38(33)45(36)37)27-16-19-30(20-17-27)46-41-14-5-3-10-34(41)39-24-29-25-40-35-11-4-6-15-43(35)47-44(40)23-18-28(29)26-42(39)46/h1-17,19-26H,18H2. The van der Waals surface area contributed by atoms with Gasteiger partial charge in [-0.3, -0.25) is 0 Å². The van der Waals surface area contributed by atoms with Crippen LogP contribution in [0.1, 0.15) is 11.1 Å². The lowest BCUT2D eigenvalue weighted by molar-refractivity contribution is 0.574. The van der Waals surface area contributed by atoms with Gasteiger partial charge >= 0.3 is 0 Å². The third kappa shape index (κ3) is 3.45. The lowest BCUT2D eigenvalue weighted by Crippen LogP contribution is -2.19. The fraction of sp³-hybridized carbons (Fsp3) is 0.0222. The molecule has 7 aromatic carbocycles. The first-order valence-corrected chi connectivity index (χ1v) is 16.3. The SMILES string of the molecule is C1=c2oc3ccccc3c2=Cc2cc3c4ccccc4n(-c4ccc(-c5ccc6c7c(cccc57)-c5ccccc5-6)cc4)c3cc2C1. The molecule has 0 radical (unpaired) electrons. The number of nitrogens with zero attached hydrogens (tertiary/aromatic N) is 1. The summed E-state index contributed by atoms with van der Waals surface area (Å²) in [6.07, 6.45) is 5.38. The van der Waals surface area contributed by atoms with Crippen LogP contribution < -0.4 is 10.6 Å². The number of fused-ring (bicyclic) bond motifs is 10. The number of benzene rings is 7. The molecule has 0 aliphatic heterocycles. The predicted octanol–water partition coefficient (Wildman–Crippen LogP) is 10.2. The Hall–Kier alpha value is -6.12. The molecule has 9 aromatic rings. The van der Waals surface area contributed by atoms with Crippen LogP contribution in [0.3, 0.4) is 0 Å². The first-order valence-electron chi connectivity index (χ1n) is 16.3. The molecule has 2 aromatic heterocycles. The molecule has 0 bridgehead atoms. The van der Waals surface area contributed by atoms with Gasteiger partial charge in [0.2, 0.25) is 0 Å². The van der Waals surface area contributed by atoms with Crippen LogP contribution >= 0.6 is 0 Å². The molecule has 47 heavy (non-hydrogen) atoms. The number of aromatic nitrogens is 1. The monoisotopic (exact) mass is 597 g/mol. The Balaban J connectivity index is 1.07. The fourth-order valence-corrected chi connectivity index (χ4v) is 8.26. The molecule has 218 valence electrons. The molecular formula is C45H27NO. The van der Waals surface area contributed by atoms with E-state index in [0.29, 0.717) is 0 Å². The minimum atomic E-state index is 0.823. The molecule has 0 N–H and O–H groups in total. The van der Waals surface area contributed by atoms with Crippen LogP contribution in [-0.4, -0.2) is 4.57 Å². The zero-order chi connectivity index (χ0) is 30.6. The summed E-state index contributed by atoms with van der Waals surface area (Å²) in [6, 6.07) is 51.2. The van der Waals surface area contributed by atoms with Gasteiger partial charge in [-0.15, -0.1) is 0 Å². The molecule has 0 saturated carbocycles. The lowest BCUT2D eigenvalue weighted by Gasteiger charge is -2.13. The highest BCUT2D eigenvalue weighted by Gasteiger charge is 2.22. The second-order valence-electron chi connectivity index (χ2n) is 12.8. The number of rotatable bonds is 2. The highest BCUT2D eigenvalue weighted by Crippen LogP contribution is 2.49. The van der Waals surface area contributed by atoms with Crippen molar-refractivity contribution in [3.05, 3.63) is 161 Å². The molecular weight excluding hydrogens is 571 g/mol. The summed E-state index contributed by atoms with van der Waals surface area (Å²) < 4.78 is 8.69. The number of furan rings is 1. The van der Waals surface area contributed by atoms with Gasteiger partial charge in [-0.25, -0.2) is 0 Å². The van der Waals surface area contributed by atoms with E-state index in [1.54, 1.807) is 0 Å². The maximum absolute atomic E-state index is 6.26. The van der Waals surface area contributed by atoms with E-state index in [2.05, 4.69) is 150 Å². The molecule has 2 heteroatoms. The van der Waals surface area contributed by atoms with Crippen LogP contribution in [0.25, 0.3) is 94.8 Å². The minimum absolute atomic E-state index is 0.823. The van der Waals surface area contributed by atoms with E-state index in [-0.39, 0.29) is 0 Å². The summed E-state index contributed by atoms with van der Waals surface area (Å²) >= 11 is 0. The predicted molar refractivity (Wildman–Crippen MR) is 195 cm³/mol. The van der Waals surface area contributed by atoms with Crippen molar-refractivity contribution in [2.75, 3.05) is 0 Å². The van der Waals surface area contributed by atoms with Crippen molar-refractivity contribution in [3.8, 4) is 39.1 Å². The van der Waals surface area contributed by atoms with Gasteiger partial charge in [-0.05, 0) is 110 Å². The van der Waals surface area contributed by atoms with Gasteiger partial charge in [0.15, 0.2) is 0 Å². The minimum Gasteiger partial charge on any atom is -0.456 e. The zero-order valence-corrected chi connectivity index (χ0v) is 25.5. The van der Waals surface area contributed by atoms with Gasteiger partial charge in [0.05, 0.1) is 11.0 Å². The average molecular weight is 598 g/mol. The highest BCUT2D eigenvalue weighted by atomic mass is 16.3. The van der Waals surface area contributed by atoms with Crippen molar-refractivity contribution in [1.82, 2.24) is 4.57 Å². The molecule has 0 saturated heterocycles. The van der Waals surface area contributed by atoms with Crippen molar-refractivity contribution in [2.24, 2.45) is 0 Å². The molecule has 2 aliphatic rings. The van der Waals surface area contributed by atoms with E-state index in [4.69, 9.17) is 4.42 Å². The highest BCUT2D eigenvalue weighted by molar-refractivity contribution is 6.18. The molecule has 0 atom stereocenters. The quantitative estimate of drug-likeness (QED) is 0.194. The third-order valence-corrected chi connectivity index (χ3v) is 10.4. The molecule has 0 fully saturated rings. The molecule has 0 amide bonds. The summed E-state index contributed by atoms with van der Waals surface area (Å²) in [5.41, 5.74) is 15.9. The van der Waals surface area contributed by atoms with Gasteiger partial charge in [-0.2, -0.15) is 0 Å². The Labute approximate surface area is 270 Å². The lowest BCUT2D eigenvalue weighted by atomic mass is 9.94. The Morgan fingerprint density at radius 2 is 1.21 bits per heavy atom. The van der Waals surface area contributed by atoms with E-state index in [0.717, 1.165) is 23.1 Å². The van der Waals surface area contributed by atoms with Gasteiger partial charge in [-0.1, -0.05) is 103 Å². The van der Waals surface area contributed by atoms with Crippen molar-refractivity contribution >= 4 is 55.7 Å². The van der Waals surface area contributed by atoms with Crippen LogP contribution in [0, 0.1) is 0 Å². The maximum atomic E-state index is 6.26. The second-order valence-corrected chi connectivity index (χ2v) is 12.8. The topological polar surface area (TPSA) is 18.1 Å². The molecule has 2 heterocycles. The number of para-hydroxylation sites is 2. The van der Waals surface area contributed by atoms with Crippen molar-refractivity contribution in [1.29, 1.82) is 0 Å².